The van der Waals surface area contributed by atoms with E-state index in [1.54, 1.807) is 0 Å². The zero-order valence-electron chi connectivity index (χ0n) is 8.64. The van der Waals surface area contributed by atoms with Gasteiger partial charge in [-0.2, -0.15) is 4.57 Å². The van der Waals surface area contributed by atoms with E-state index < -0.39 is 0 Å². The highest BCUT2D eigenvalue weighted by Gasteiger charge is 2.13. The number of hydrogen-bond acceptors (Lipinski definition) is 1. The molecule has 2 aromatic rings. The Balaban J connectivity index is 2.19. The lowest BCUT2D eigenvalue weighted by molar-refractivity contribution is -0.683. The number of Topliss-reactive ketones (excluding diaryl/α,β-unsaturated/α-hetero) is 1. The molecule has 0 N–H and O–H groups in total. The van der Waals surface area contributed by atoms with Gasteiger partial charge in [0.1, 0.15) is 0 Å². The van der Waals surface area contributed by atoms with E-state index in [1.165, 1.54) is 0 Å². The van der Waals surface area contributed by atoms with Crippen LogP contribution in [0.25, 0.3) is 0 Å². The minimum atomic E-state index is 0.101. The molecule has 0 aliphatic carbocycles. The molecule has 2 rings (SSSR count). The second-order valence-corrected chi connectivity index (χ2v) is 4.31. The molecule has 3 heteroatoms. The van der Waals surface area contributed by atoms with Crippen LogP contribution >= 0.6 is 15.9 Å². The van der Waals surface area contributed by atoms with Crippen LogP contribution in [0.5, 0.6) is 0 Å². The quantitative estimate of drug-likeness (QED) is 0.624. The first-order chi connectivity index (χ1) is 7.77. The van der Waals surface area contributed by atoms with E-state index in [0.717, 1.165) is 10.0 Å². The standard InChI is InChI=1S/C13H11BrNO/c14-12-7-3-2-6-11(12)13(16)10-15-8-4-1-5-9-15/h1-9H,10H2/q+1. The third kappa shape index (κ3) is 2.55. The molecule has 80 valence electrons. The Labute approximate surface area is 103 Å². The van der Waals surface area contributed by atoms with Crippen molar-refractivity contribution in [2.75, 3.05) is 0 Å². The summed E-state index contributed by atoms with van der Waals surface area (Å²) in [5, 5.41) is 0. The number of carbonyl (C=O) groups excluding carboxylic acids is 1. The number of rotatable bonds is 3. The zero-order valence-corrected chi connectivity index (χ0v) is 10.2. The Morgan fingerprint density at radius 2 is 1.75 bits per heavy atom. The molecule has 0 aliphatic rings. The van der Waals surface area contributed by atoms with Crippen LogP contribution < -0.4 is 4.57 Å². The normalized spacial score (nSPS) is 10.1. The van der Waals surface area contributed by atoms with Crippen LogP contribution in [0.3, 0.4) is 0 Å². The van der Waals surface area contributed by atoms with Crippen LogP contribution in [0.4, 0.5) is 0 Å². The Kier molecular flexibility index (Phi) is 3.47. The number of pyridine rings is 1. The maximum absolute atomic E-state index is 12.0. The van der Waals surface area contributed by atoms with Gasteiger partial charge < -0.3 is 0 Å². The lowest BCUT2D eigenvalue weighted by Gasteiger charge is -2.00. The van der Waals surface area contributed by atoms with Crippen molar-refractivity contribution in [1.82, 2.24) is 0 Å². The Bertz CT molecular complexity index is 496. The summed E-state index contributed by atoms with van der Waals surface area (Å²) in [6.07, 6.45) is 3.77. The predicted octanol–water partition coefficient (Wildman–Crippen LogP) is 2.62. The first-order valence-corrected chi connectivity index (χ1v) is 5.78. The molecule has 0 radical (unpaired) electrons. The number of ketones is 1. The highest BCUT2D eigenvalue weighted by atomic mass is 79.9. The van der Waals surface area contributed by atoms with Gasteiger partial charge in [-0.05, 0) is 6.07 Å². The fourth-order valence-corrected chi connectivity index (χ4v) is 1.98. The summed E-state index contributed by atoms with van der Waals surface area (Å²) < 4.78 is 2.71. The Morgan fingerprint density at radius 1 is 1.06 bits per heavy atom. The molecule has 2 nitrogen and oxygen atoms in total. The van der Waals surface area contributed by atoms with Crippen LogP contribution in [0.15, 0.2) is 59.3 Å². The first kappa shape index (κ1) is 11.0. The molecular formula is C13H11BrNO+. The summed E-state index contributed by atoms with van der Waals surface area (Å²) in [5.41, 5.74) is 0.721. The molecule has 0 saturated heterocycles. The summed E-state index contributed by atoms with van der Waals surface area (Å²) >= 11 is 3.38. The molecule has 1 aromatic carbocycles. The van der Waals surface area contributed by atoms with Crippen molar-refractivity contribution >= 4 is 21.7 Å². The molecule has 0 unspecified atom stereocenters. The Hall–Kier alpha value is -1.48. The largest absolute Gasteiger partial charge is 0.287 e. The van der Waals surface area contributed by atoms with Gasteiger partial charge in [-0.15, -0.1) is 0 Å². The number of carbonyl (C=O) groups is 1. The van der Waals surface area contributed by atoms with Gasteiger partial charge in [-0.3, -0.25) is 4.79 Å². The molecule has 0 fully saturated rings. The number of aromatic nitrogens is 1. The van der Waals surface area contributed by atoms with E-state index in [0.29, 0.717) is 6.54 Å². The van der Waals surface area contributed by atoms with Crippen molar-refractivity contribution in [1.29, 1.82) is 0 Å². The topological polar surface area (TPSA) is 20.9 Å². The molecule has 16 heavy (non-hydrogen) atoms. The van der Waals surface area contributed by atoms with Gasteiger partial charge in [0.25, 0.3) is 0 Å². The van der Waals surface area contributed by atoms with Crippen LogP contribution in [-0.4, -0.2) is 5.78 Å². The van der Waals surface area contributed by atoms with Crippen LogP contribution in [0.1, 0.15) is 10.4 Å². The highest BCUT2D eigenvalue weighted by Crippen LogP contribution is 2.16. The van der Waals surface area contributed by atoms with Gasteiger partial charge in [0, 0.05) is 22.2 Å². The summed E-state index contributed by atoms with van der Waals surface area (Å²) in [4.78, 5) is 12.0. The summed E-state index contributed by atoms with van der Waals surface area (Å²) in [6.45, 7) is 0.365. The zero-order chi connectivity index (χ0) is 11.4. The summed E-state index contributed by atoms with van der Waals surface area (Å²) in [7, 11) is 0. The van der Waals surface area contributed by atoms with Gasteiger partial charge in [0.05, 0.1) is 0 Å². The molecule has 0 spiro atoms. The molecule has 0 bridgehead atoms. The van der Waals surface area contributed by atoms with Crippen molar-refractivity contribution in [2.24, 2.45) is 0 Å². The maximum atomic E-state index is 12.0. The number of nitrogens with zero attached hydrogens (tertiary/aromatic N) is 1. The molecule has 0 saturated carbocycles. The van der Waals surface area contributed by atoms with E-state index in [9.17, 15) is 4.79 Å². The van der Waals surface area contributed by atoms with Crippen molar-refractivity contribution in [3.8, 4) is 0 Å². The number of halogens is 1. The smallest absolute Gasteiger partial charge is 0.228 e. The van der Waals surface area contributed by atoms with Gasteiger partial charge in [0.15, 0.2) is 12.4 Å². The third-order valence-corrected chi connectivity index (χ3v) is 2.97. The van der Waals surface area contributed by atoms with Crippen molar-refractivity contribution in [2.45, 2.75) is 6.54 Å². The predicted molar refractivity (Wildman–Crippen MR) is 65.1 cm³/mol. The molecule has 1 aromatic heterocycles. The minimum Gasteiger partial charge on any atom is -0.287 e. The molecular weight excluding hydrogens is 266 g/mol. The highest BCUT2D eigenvalue weighted by molar-refractivity contribution is 9.10. The lowest BCUT2D eigenvalue weighted by Crippen LogP contribution is -2.36. The molecule has 0 atom stereocenters. The number of benzene rings is 1. The van der Waals surface area contributed by atoms with Gasteiger partial charge in [0.2, 0.25) is 12.3 Å². The second kappa shape index (κ2) is 5.03. The second-order valence-electron chi connectivity index (χ2n) is 3.45. The van der Waals surface area contributed by atoms with Gasteiger partial charge >= 0.3 is 0 Å². The lowest BCUT2D eigenvalue weighted by atomic mass is 10.1. The Morgan fingerprint density at radius 3 is 2.44 bits per heavy atom. The molecule has 0 aliphatic heterocycles. The van der Waals surface area contributed by atoms with Gasteiger partial charge in [-0.1, -0.05) is 40.2 Å². The van der Waals surface area contributed by atoms with E-state index in [4.69, 9.17) is 0 Å². The van der Waals surface area contributed by atoms with Crippen LogP contribution in [0.2, 0.25) is 0 Å². The monoisotopic (exact) mass is 276 g/mol. The van der Waals surface area contributed by atoms with E-state index in [-0.39, 0.29) is 5.78 Å². The third-order valence-electron chi connectivity index (χ3n) is 2.28. The van der Waals surface area contributed by atoms with Crippen LogP contribution in [-0.2, 0) is 6.54 Å². The average Bonchev–Trinajstić information content (AvgIpc) is 2.31. The fourth-order valence-electron chi connectivity index (χ4n) is 1.48. The van der Waals surface area contributed by atoms with Crippen molar-refractivity contribution in [3.63, 3.8) is 0 Å². The fraction of sp³-hybridized carbons (Fsp3) is 0.0769. The average molecular weight is 277 g/mol. The van der Waals surface area contributed by atoms with Crippen molar-refractivity contribution in [3.05, 3.63) is 64.9 Å². The van der Waals surface area contributed by atoms with Crippen LogP contribution in [0, 0.1) is 0 Å². The molecule has 0 amide bonds. The minimum absolute atomic E-state index is 0.101. The van der Waals surface area contributed by atoms with Crippen molar-refractivity contribution < 1.29 is 9.36 Å². The van der Waals surface area contributed by atoms with E-state index in [2.05, 4.69) is 15.9 Å². The van der Waals surface area contributed by atoms with E-state index in [1.807, 2.05) is 59.4 Å². The summed E-state index contributed by atoms with van der Waals surface area (Å²) in [6, 6.07) is 13.2. The number of hydrogen-bond donors (Lipinski definition) is 0. The maximum Gasteiger partial charge on any atom is 0.228 e. The van der Waals surface area contributed by atoms with E-state index >= 15 is 0 Å². The first-order valence-electron chi connectivity index (χ1n) is 4.99. The van der Waals surface area contributed by atoms with Gasteiger partial charge in [-0.25, -0.2) is 0 Å². The SMILES string of the molecule is O=C(C[n+]1ccccc1)c1ccccc1Br. The summed E-state index contributed by atoms with van der Waals surface area (Å²) in [5.74, 6) is 0.101. The molecule has 1 heterocycles.